The number of Topliss-reactive ketones (excluding diaryl/α,β-unsaturated/α-hetero) is 2. The lowest BCUT2D eigenvalue weighted by Gasteiger charge is -2.47. The summed E-state index contributed by atoms with van der Waals surface area (Å²) >= 11 is 0. The Bertz CT molecular complexity index is 1480. The minimum Gasteiger partial charge on any atom is -0.511 e. The summed E-state index contributed by atoms with van der Waals surface area (Å²) in [5, 5.41) is 44.3. The van der Waals surface area contributed by atoms with E-state index in [4.69, 9.17) is 5.73 Å². The number of nitrogens with two attached hydrogens (primary N) is 1. The van der Waals surface area contributed by atoms with Crippen LogP contribution in [-0.4, -0.2) is 62.5 Å². The number of carbonyl (C=O) groups is 3. The summed E-state index contributed by atoms with van der Waals surface area (Å²) in [4.78, 5) is 40.8. The topological polar surface area (TPSA) is 161 Å². The molecule has 0 heterocycles. The number of allylic oxidation sites excluding steroid dienone is 10. The molecule has 0 bridgehead atoms. The molecule has 5 aliphatic rings. The Morgan fingerprint density at radius 1 is 1.07 bits per heavy atom. The van der Waals surface area contributed by atoms with Gasteiger partial charge in [-0.25, -0.2) is 13.2 Å². The normalized spacial score (nSPS) is 31.7. The number of aliphatic hydroxyl groups excluding tert-OH is 3. The van der Waals surface area contributed by atoms with E-state index in [9.17, 15) is 48.0 Å². The van der Waals surface area contributed by atoms with Crippen LogP contribution in [0.25, 0.3) is 0 Å². The van der Waals surface area contributed by atoms with Crippen molar-refractivity contribution in [2.24, 2.45) is 29.4 Å². The van der Waals surface area contributed by atoms with E-state index in [2.05, 4.69) is 0 Å². The van der Waals surface area contributed by atoms with Crippen molar-refractivity contribution in [2.75, 3.05) is 14.1 Å². The minimum absolute atomic E-state index is 0.0359. The van der Waals surface area contributed by atoms with Gasteiger partial charge < -0.3 is 31.1 Å². The summed E-state index contributed by atoms with van der Waals surface area (Å²) in [5.41, 5.74) is 2.85. The number of hydrogen-bond donors (Lipinski definition) is 5. The molecule has 42 heavy (non-hydrogen) atoms. The molecular formula is C30H33F3N2O7. The molecule has 5 atom stereocenters. The predicted molar refractivity (Wildman–Crippen MR) is 143 cm³/mol. The Hall–Kier alpha value is -3.80. The Kier molecular flexibility index (Phi) is 7.41. The highest BCUT2D eigenvalue weighted by Crippen LogP contribution is 2.54. The second kappa shape index (κ2) is 10.5. The van der Waals surface area contributed by atoms with E-state index in [-0.39, 0.29) is 42.6 Å². The Morgan fingerprint density at radius 2 is 1.76 bits per heavy atom. The summed E-state index contributed by atoms with van der Waals surface area (Å²) in [6, 6.07) is 0. The highest BCUT2D eigenvalue weighted by Gasteiger charge is 2.60. The molecule has 0 spiro atoms. The van der Waals surface area contributed by atoms with E-state index in [1.54, 1.807) is 14.1 Å². The standard InChI is InChI=1S/C30H33F3N2O7/c1-35(2)19-10-13(5-3-4-12-6-17(31)24(33)18(32)7-12)25(37)22-16(19)9-14-8-15-11-20(36)23(29(34)41)28(40)30(15,42)27(39)21(14)26(22)38/h6,12-15,36-37,39,42H,3-5,7-11H2,1-2H3,(H2,34,41)/t12?,13?,14-,15+,30+/m1/s1. The summed E-state index contributed by atoms with van der Waals surface area (Å²) < 4.78 is 40.8. The van der Waals surface area contributed by atoms with Crippen LogP contribution in [-0.2, 0) is 14.4 Å². The van der Waals surface area contributed by atoms with Crippen molar-refractivity contribution in [3.63, 3.8) is 0 Å². The van der Waals surface area contributed by atoms with Crippen molar-refractivity contribution in [2.45, 2.75) is 57.0 Å². The zero-order chi connectivity index (χ0) is 30.8. The summed E-state index contributed by atoms with van der Waals surface area (Å²) in [5.74, 6) is -11.6. The number of carbonyl (C=O) groups excluding carboxylic acids is 3. The van der Waals surface area contributed by atoms with E-state index in [1.807, 2.05) is 4.90 Å². The van der Waals surface area contributed by atoms with Gasteiger partial charge in [0.1, 0.15) is 28.7 Å². The summed E-state index contributed by atoms with van der Waals surface area (Å²) in [7, 11) is 3.58. The lowest BCUT2D eigenvalue weighted by molar-refractivity contribution is -0.144. The van der Waals surface area contributed by atoms with Gasteiger partial charge in [0.05, 0.1) is 5.57 Å². The monoisotopic (exact) mass is 590 g/mol. The van der Waals surface area contributed by atoms with Crippen LogP contribution in [0, 0.1) is 23.7 Å². The van der Waals surface area contributed by atoms with Gasteiger partial charge in [-0.05, 0) is 55.6 Å². The Balaban J connectivity index is 1.47. The van der Waals surface area contributed by atoms with Gasteiger partial charge >= 0.3 is 0 Å². The number of aliphatic hydroxyl groups is 4. The highest BCUT2D eigenvalue weighted by molar-refractivity contribution is 6.24. The second-order valence-electron chi connectivity index (χ2n) is 12.0. The van der Waals surface area contributed by atoms with E-state index in [0.29, 0.717) is 31.3 Å². The number of halogens is 3. The molecule has 1 saturated carbocycles. The molecule has 0 aliphatic heterocycles. The van der Waals surface area contributed by atoms with Crippen LogP contribution in [0.4, 0.5) is 13.2 Å². The van der Waals surface area contributed by atoms with Crippen LogP contribution in [0.5, 0.6) is 0 Å². The largest absolute Gasteiger partial charge is 0.511 e. The third-order valence-electron chi connectivity index (χ3n) is 9.33. The van der Waals surface area contributed by atoms with Crippen LogP contribution in [0.15, 0.2) is 68.8 Å². The van der Waals surface area contributed by atoms with Crippen molar-refractivity contribution in [3.05, 3.63) is 68.8 Å². The fourth-order valence-corrected chi connectivity index (χ4v) is 7.24. The molecule has 0 aromatic rings. The maximum atomic E-state index is 14.0. The summed E-state index contributed by atoms with van der Waals surface area (Å²) in [6.45, 7) is 0. The SMILES string of the molecule is CN(C)C1=C2C[C@H]3C[C@H]4CC(O)=C(C(N)=O)C(=O)[C@@]4(O)C(O)=C3C(=O)C2=C(O)C(CCCC2C=C(F)C(F)=C(F)C2)C1. The van der Waals surface area contributed by atoms with E-state index < -0.39 is 81.3 Å². The first kappa shape index (κ1) is 29.7. The van der Waals surface area contributed by atoms with Crippen molar-refractivity contribution in [3.8, 4) is 0 Å². The van der Waals surface area contributed by atoms with Gasteiger partial charge in [0.25, 0.3) is 5.91 Å². The number of fused-ring (bicyclic) bond motifs is 3. The number of primary amides is 1. The molecule has 2 unspecified atom stereocenters. The van der Waals surface area contributed by atoms with Gasteiger partial charge in [-0.1, -0.05) is 6.42 Å². The quantitative estimate of drug-likeness (QED) is 0.287. The number of nitrogens with zero attached hydrogens (tertiary/aromatic N) is 1. The molecule has 5 aliphatic carbocycles. The maximum absolute atomic E-state index is 14.0. The lowest BCUT2D eigenvalue weighted by Crippen LogP contribution is -2.57. The number of ketones is 2. The van der Waals surface area contributed by atoms with Crippen LogP contribution < -0.4 is 5.73 Å². The zero-order valence-corrected chi connectivity index (χ0v) is 23.2. The molecule has 0 aromatic carbocycles. The highest BCUT2D eigenvalue weighted by atomic mass is 19.2. The third kappa shape index (κ3) is 4.47. The average Bonchev–Trinajstić information content (AvgIpc) is 2.90. The van der Waals surface area contributed by atoms with Gasteiger partial charge in [-0.15, -0.1) is 0 Å². The molecule has 9 nitrogen and oxygen atoms in total. The maximum Gasteiger partial charge on any atom is 0.255 e. The minimum atomic E-state index is -2.64. The van der Waals surface area contributed by atoms with Crippen LogP contribution in [0.3, 0.4) is 0 Å². The molecule has 0 aromatic heterocycles. The first-order valence-electron chi connectivity index (χ1n) is 13.9. The molecule has 0 radical (unpaired) electrons. The smallest absolute Gasteiger partial charge is 0.255 e. The Labute approximate surface area is 239 Å². The van der Waals surface area contributed by atoms with Crippen molar-refractivity contribution in [1.29, 1.82) is 0 Å². The molecule has 6 N–H and O–H groups in total. The Morgan fingerprint density at radius 3 is 2.38 bits per heavy atom. The lowest BCUT2D eigenvalue weighted by atomic mass is 9.59. The number of hydrogen-bond acceptors (Lipinski definition) is 8. The fraction of sp³-hybridized carbons (Fsp3) is 0.500. The molecule has 226 valence electrons. The first-order chi connectivity index (χ1) is 19.7. The van der Waals surface area contributed by atoms with Crippen molar-refractivity contribution in [1.82, 2.24) is 4.90 Å². The van der Waals surface area contributed by atoms with Crippen molar-refractivity contribution >= 4 is 17.5 Å². The molecule has 1 fully saturated rings. The van der Waals surface area contributed by atoms with Crippen molar-refractivity contribution < 1.29 is 48.0 Å². The molecule has 5 rings (SSSR count). The molecule has 0 saturated heterocycles. The molecular weight excluding hydrogens is 557 g/mol. The van der Waals surface area contributed by atoms with Crippen LogP contribution in [0.2, 0.25) is 0 Å². The van der Waals surface area contributed by atoms with Crippen LogP contribution in [0.1, 0.15) is 51.4 Å². The number of amides is 1. The van der Waals surface area contributed by atoms with E-state index >= 15 is 0 Å². The fourth-order valence-electron chi connectivity index (χ4n) is 7.24. The average molecular weight is 591 g/mol. The summed E-state index contributed by atoms with van der Waals surface area (Å²) in [6.07, 6.45) is 2.19. The van der Waals surface area contributed by atoms with E-state index in [1.165, 1.54) is 0 Å². The number of rotatable bonds is 6. The van der Waals surface area contributed by atoms with Gasteiger partial charge in [0, 0.05) is 50.0 Å². The van der Waals surface area contributed by atoms with Gasteiger partial charge in [0.15, 0.2) is 23.0 Å². The van der Waals surface area contributed by atoms with Crippen LogP contribution >= 0.6 is 0 Å². The van der Waals surface area contributed by atoms with Gasteiger partial charge in [-0.3, -0.25) is 14.4 Å². The first-order valence-corrected chi connectivity index (χ1v) is 13.9. The second-order valence-corrected chi connectivity index (χ2v) is 12.0. The predicted octanol–water partition coefficient (Wildman–Crippen LogP) is 4.25. The van der Waals surface area contributed by atoms with Gasteiger partial charge in [0.2, 0.25) is 5.78 Å². The third-order valence-corrected chi connectivity index (χ3v) is 9.33. The molecule has 1 amide bonds. The molecule has 12 heteroatoms. The van der Waals surface area contributed by atoms with Gasteiger partial charge in [-0.2, -0.15) is 0 Å². The van der Waals surface area contributed by atoms with E-state index in [0.717, 1.165) is 11.8 Å². The zero-order valence-electron chi connectivity index (χ0n) is 23.2.